The van der Waals surface area contributed by atoms with Gasteiger partial charge in [0.25, 0.3) is 0 Å². The molecule has 0 spiro atoms. The molecule has 0 aliphatic rings. The summed E-state index contributed by atoms with van der Waals surface area (Å²) in [7, 11) is -2.55. The highest BCUT2D eigenvalue weighted by Crippen LogP contribution is 2.35. The van der Waals surface area contributed by atoms with Gasteiger partial charge < -0.3 is 19.4 Å². The molecule has 0 fully saturated rings. The van der Waals surface area contributed by atoms with E-state index in [0.29, 0.717) is 25.7 Å². The SMILES string of the molecule is CCCCCCCCCCCCCCCCC(C)C(C)(Cl)CCC[Si](OCC)(OCC)OCC.N. The number of halogens is 1. The fourth-order valence-electron chi connectivity index (χ4n) is 4.84. The molecule has 0 saturated heterocycles. The lowest BCUT2D eigenvalue weighted by Crippen LogP contribution is -2.46. The molecular formula is C29H64ClNO3Si. The van der Waals surface area contributed by atoms with Crippen molar-refractivity contribution in [3.05, 3.63) is 0 Å². The van der Waals surface area contributed by atoms with E-state index in [1.54, 1.807) is 0 Å². The van der Waals surface area contributed by atoms with Gasteiger partial charge in [-0.3, -0.25) is 0 Å². The summed E-state index contributed by atoms with van der Waals surface area (Å²) in [5.41, 5.74) is 0. The van der Waals surface area contributed by atoms with E-state index in [0.717, 1.165) is 18.9 Å². The van der Waals surface area contributed by atoms with Crippen LogP contribution in [0.5, 0.6) is 0 Å². The van der Waals surface area contributed by atoms with Crippen LogP contribution in [0.1, 0.15) is 151 Å². The van der Waals surface area contributed by atoms with Crippen molar-refractivity contribution >= 4 is 20.4 Å². The van der Waals surface area contributed by atoms with Crippen molar-refractivity contribution in [2.45, 2.75) is 162 Å². The first kappa shape index (κ1) is 37.5. The first-order chi connectivity index (χ1) is 16.4. The molecule has 0 aromatic rings. The predicted molar refractivity (Wildman–Crippen MR) is 158 cm³/mol. The third kappa shape index (κ3) is 20.0. The Bertz CT molecular complexity index is 423. The maximum absolute atomic E-state index is 7.00. The average Bonchev–Trinajstić information content (AvgIpc) is 2.79. The Morgan fingerprint density at radius 2 is 1.00 bits per heavy atom. The maximum Gasteiger partial charge on any atom is 0.500 e. The minimum absolute atomic E-state index is 0. The summed E-state index contributed by atoms with van der Waals surface area (Å²) in [4.78, 5) is -0.165. The Kier molecular flexibility index (Phi) is 26.4. The molecule has 2 unspecified atom stereocenters. The van der Waals surface area contributed by atoms with E-state index < -0.39 is 8.80 Å². The first-order valence-corrected chi connectivity index (χ1v) is 17.3. The summed E-state index contributed by atoms with van der Waals surface area (Å²) in [5, 5.41) is 0. The highest BCUT2D eigenvalue weighted by molar-refractivity contribution is 6.60. The van der Waals surface area contributed by atoms with Crippen LogP contribution in [0.3, 0.4) is 0 Å². The number of rotatable bonds is 26. The summed E-state index contributed by atoms with van der Waals surface area (Å²) < 4.78 is 18.0. The molecule has 0 bridgehead atoms. The van der Waals surface area contributed by atoms with Gasteiger partial charge in [-0.15, -0.1) is 11.6 Å². The van der Waals surface area contributed by atoms with Crippen LogP contribution in [0.25, 0.3) is 0 Å². The second-order valence-corrected chi connectivity index (χ2v) is 14.0. The van der Waals surface area contributed by atoms with E-state index in [1.165, 1.54) is 96.3 Å². The smallest absolute Gasteiger partial charge is 0.374 e. The summed E-state index contributed by atoms with van der Waals surface area (Å²) in [5.74, 6) is 0.522. The molecule has 0 radical (unpaired) electrons. The van der Waals surface area contributed by atoms with Crippen LogP contribution in [-0.4, -0.2) is 33.5 Å². The number of unbranched alkanes of at least 4 members (excludes halogenated alkanes) is 13. The van der Waals surface area contributed by atoms with Crippen LogP contribution in [-0.2, 0) is 13.3 Å². The lowest BCUT2D eigenvalue weighted by Gasteiger charge is -2.32. The van der Waals surface area contributed by atoms with Gasteiger partial charge in [0.15, 0.2) is 0 Å². The predicted octanol–water partition coefficient (Wildman–Crippen LogP) is 10.5. The van der Waals surface area contributed by atoms with Gasteiger partial charge in [0, 0.05) is 30.7 Å². The van der Waals surface area contributed by atoms with Crippen LogP contribution in [0.4, 0.5) is 0 Å². The molecule has 0 amide bonds. The normalized spacial score (nSPS) is 14.5. The van der Waals surface area contributed by atoms with E-state index in [-0.39, 0.29) is 11.0 Å². The van der Waals surface area contributed by atoms with Crippen molar-refractivity contribution in [1.82, 2.24) is 6.15 Å². The van der Waals surface area contributed by atoms with Crippen molar-refractivity contribution in [3.63, 3.8) is 0 Å². The van der Waals surface area contributed by atoms with Crippen LogP contribution < -0.4 is 6.15 Å². The Morgan fingerprint density at radius 1 is 0.629 bits per heavy atom. The highest BCUT2D eigenvalue weighted by atomic mass is 35.5. The van der Waals surface area contributed by atoms with E-state index in [1.807, 2.05) is 20.8 Å². The van der Waals surface area contributed by atoms with Gasteiger partial charge >= 0.3 is 8.80 Å². The zero-order valence-corrected chi connectivity index (χ0v) is 26.5. The zero-order chi connectivity index (χ0) is 25.5. The lowest BCUT2D eigenvalue weighted by atomic mass is 9.86. The Labute approximate surface area is 226 Å². The van der Waals surface area contributed by atoms with Gasteiger partial charge in [-0.2, -0.15) is 0 Å². The van der Waals surface area contributed by atoms with E-state index >= 15 is 0 Å². The van der Waals surface area contributed by atoms with E-state index in [9.17, 15) is 0 Å². The monoisotopic (exact) mass is 537 g/mol. The Balaban J connectivity index is 0. The third-order valence-corrected chi connectivity index (χ3v) is 11.0. The van der Waals surface area contributed by atoms with Crippen molar-refractivity contribution < 1.29 is 13.3 Å². The van der Waals surface area contributed by atoms with E-state index in [2.05, 4.69) is 20.8 Å². The summed E-state index contributed by atoms with van der Waals surface area (Å²) in [6.45, 7) is 14.8. The van der Waals surface area contributed by atoms with Gasteiger partial charge in [-0.1, -0.05) is 104 Å². The Hall–Kier alpha value is 0.347. The van der Waals surface area contributed by atoms with Gasteiger partial charge in [0.05, 0.1) is 0 Å². The lowest BCUT2D eigenvalue weighted by molar-refractivity contribution is 0.0703. The van der Waals surface area contributed by atoms with Crippen LogP contribution in [0.15, 0.2) is 0 Å². The molecule has 0 aromatic carbocycles. The van der Waals surface area contributed by atoms with Crippen LogP contribution in [0.2, 0.25) is 6.04 Å². The molecule has 0 aromatic heterocycles. The molecule has 0 aliphatic heterocycles. The van der Waals surface area contributed by atoms with Gasteiger partial charge in [-0.25, -0.2) is 0 Å². The molecule has 6 heteroatoms. The second-order valence-electron chi connectivity index (χ2n) is 10.4. The van der Waals surface area contributed by atoms with Crippen molar-refractivity contribution in [1.29, 1.82) is 0 Å². The number of hydrogen-bond donors (Lipinski definition) is 1. The minimum atomic E-state index is -2.55. The molecule has 0 heterocycles. The Morgan fingerprint density at radius 3 is 1.37 bits per heavy atom. The third-order valence-electron chi connectivity index (χ3n) is 7.26. The van der Waals surface area contributed by atoms with Gasteiger partial charge in [0.1, 0.15) is 0 Å². The summed E-state index contributed by atoms with van der Waals surface area (Å²) in [6, 6.07) is 0.858. The number of hydrogen-bond acceptors (Lipinski definition) is 4. The van der Waals surface area contributed by atoms with Crippen LogP contribution >= 0.6 is 11.6 Å². The first-order valence-electron chi connectivity index (χ1n) is 15.0. The van der Waals surface area contributed by atoms with Crippen molar-refractivity contribution in [3.8, 4) is 0 Å². The van der Waals surface area contributed by atoms with Gasteiger partial charge in [-0.05, 0) is 52.9 Å². The fraction of sp³-hybridized carbons (Fsp3) is 1.00. The fourth-order valence-corrected chi connectivity index (χ4v) is 7.70. The van der Waals surface area contributed by atoms with Crippen molar-refractivity contribution in [2.75, 3.05) is 19.8 Å². The molecule has 4 nitrogen and oxygen atoms in total. The minimum Gasteiger partial charge on any atom is -0.374 e. The standard InChI is InChI=1S/C29H61ClO3Si.H3N/c1-7-11-12-13-14-15-16-17-18-19-20-21-22-23-25-28(5)29(6,30)26-24-27-34(31-8-2,32-9-3)33-10-4;/h28H,7-27H2,1-6H3;1H3. The average molecular weight is 538 g/mol. The topological polar surface area (TPSA) is 62.7 Å². The molecular weight excluding hydrogens is 474 g/mol. The second kappa shape index (κ2) is 24.7. The molecule has 3 N–H and O–H groups in total. The molecule has 2 atom stereocenters. The van der Waals surface area contributed by atoms with Gasteiger partial charge in [0.2, 0.25) is 0 Å². The van der Waals surface area contributed by atoms with Crippen LogP contribution in [0, 0.1) is 5.92 Å². The van der Waals surface area contributed by atoms with E-state index in [4.69, 9.17) is 24.9 Å². The molecule has 214 valence electrons. The summed E-state index contributed by atoms with van der Waals surface area (Å²) in [6.07, 6.45) is 22.9. The quantitative estimate of drug-likeness (QED) is 0.0676. The molecule has 0 saturated carbocycles. The highest BCUT2D eigenvalue weighted by Gasteiger charge is 2.40. The molecule has 0 rings (SSSR count). The number of alkyl halides is 1. The maximum atomic E-state index is 7.00. The summed E-state index contributed by atoms with van der Waals surface area (Å²) >= 11 is 7.00. The zero-order valence-electron chi connectivity index (χ0n) is 24.7. The molecule has 0 aliphatic carbocycles. The molecule has 35 heavy (non-hydrogen) atoms. The largest absolute Gasteiger partial charge is 0.500 e. The van der Waals surface area contributed by atoms with Crippen molar-refractivity contribution in [2.24, 2.45) is 5.92 Å².